The summed E-state index contributed by atoms with van der Waals surface area (Å²) in [5, 5.41) is 0. The first kappa shape index (κ1) is 20.1. The van der Waals surface area contributed by atoms with Crippen molar-refractivity contribution >= 4 is 11.5 Å². The van der Waals surface area contributed by atoms with E-state index in [1.165, 1.54) is 37.9 Å². The molecule has 3 fully saturated rings. The van der Waals surface area contributed by atoms with Crippen molar-refractivity contribution in [2.75, 3.05) is 46.1 Å². The van der Waals surface area contributed by atoms with Gasteiger partial charge in [0.05, 0.1) is 24.3 Å². The molecule has 0 atom stereocenters. The van der Waals surface area contributed by atoms with E-state index >= 15 is 0 Å². The van der Waals surface area contributed by atoms with Crippen molar-refractivity contribution in [3.05, 3.63) is 17.7 Å². The van der Waals surface area contributed by atoms with Crippen LogP contribution in [-0.4, -0.2) is 56.8 Å². The maximum Gasteiger partial charge on any atom is 0.163 e. The molecular weight excluding hydrogens is 378 g/mol. The van der Waals surface area contributed by atoms with Crippen LogP contribution in [0.3, 0.4) is 0 Å². The lowest BCUT2D eigenvalue weighted by molar-refractivity contribution is 0.0492. The van der Waals surface area contributed by atoms with Crippen LogP contribution in [0.25, 0.3) is 0 Å². The number of fused-ring (bicyclic) bond motifs is 2. The zero-order valence-electron chi connectivity index (χ0n) is 18.0. The quantitative estimate of drug-likeness (QED) is 0.657. The van der Waals surface area contributed by atoms with Gasteiger partial charge >= 0.3 is 0 Å². The third-order valence-corrected chi connectivity index (χ3v) is 7.41. The number of nitrogens with zero attached hydrogens (tertiary/aromatic N) is 2. The highest BCUT2D eigenvalue weighted by Crippen LogP contribution is 2.54. The Morgan fingerprint density at radius 3 is 2.57 bits per heavy atom. The van der Waals surface area contributed by atoms with Gasteiger partial charge < -0.3 is 24.8 Å². The minimum Gasteiger partial charge on any atom is -0.490 e. The summed E-state index contributed by atoms with van der Waals surface area (Å²) in [7, 11) is 0. The topological polar surface area (TPSA) is 69.3 Å². The molecule has 2 N–H and O–H groups in total. The summed E-state index contributed by atoms with van der Waals surface area (Å²) in [6, 6.07) is 4.23. The van der Waals surface area contributed by atoms with Crippen LogP contribution in [0, 0.1) is 5.92 Å². The highest BCUT2D eigenvalue weighted by atomic mass is 16.5. The minimum atomic E-state index is -0.0552. The molecule has 1 spiro atoms. The predicted molar refractivity (Wildman–Crippen MR) is 118 cm³/mol. The van der Waals surface area contributed by atoms with Crippen molar-refractivity contribution in [1.29, 1.82) is 0 Å². The smallest absolute Gasteiger partial charge is 0.163 e. The number of benzene rings is 1. The van der Waals surface area contributed by atoms with Crippen LogP contribution in [-0.2, 0) is 10.2 Å². The Kier molecular flexibility index (Phi) is 5.87. The van der Waals surface area contributed by atoms with E-state index in [4.69, 9.17) is 24.9 Å². The molecule has 0 unspecified atom stereocenters. The molecule has 2 saturated heterocycles. The molecule has 30 heavy (non-hydrogen) atoms. The summed E-state index contributed by atoms with van der Waals surface area (Å²) < 4.78 is 18.1. The number of amidine groups is 1. The highest BCUT2D eigenvalue weighted by Gasteiger charge is 2.47. The van der Waals surface area contributed by atoms with E-state index in [0.717, 1.165) is 81.5 Å². The van der Waals surface area contributed by atoms with Crippen molar-refractivity contribution in [3.63, 3.8) is 0 Å². The molecule has 0 amide bonds. The predicted octanol–water partition coefficient (Wildman–Crippen LogP) is 3.78. The summed E-state index contributed by atoms with van der Waals surface area (Å²) in [6.07, 6.45) is 9.21. The zero-order valence-corrected chi connectivity index (χ0v) is 18.0. The van der Waals surface area contributed by atoms with Gasteiger partial charge in [-0.15, -0.1) is 0 Å². The molecule has 1 saturated carbocycles. The standard InChI is InChI=1S/C24H35N3O3/c25-23-24(7-3-8-24)19-15-21(30-17-18-5-13-28-14-6-18)22(16-20(19)26-23)29-12-4-11-27-9-1-2-10-27/h15-16,18H,1-14,17H2,(H2,25,26). The van der Waals surface area contributed by atoms with E-state index < -0.39 is 0 Å². The fraction of sp³-hybridized carbons (Fsp3) is 0.708. The Morgan fingerprint density at radius 2 is 1.83 bits per heavy atom. The van der Waals surface area contributed by atoms with Gasteiger partial charge in [0.25, 0.3) is 0 Å². The molecule has 1 aromatic carbocycles. The molecule has 6 nitrogen and oxygen atoms in total. The first-order valence-electron chi connectivity index (χ1n) is 11.8. The van der Waals surface area contributed by atoms with E-state index in [1.54, 1.807) is 0 Å². The van der Waals surface area contributed by atoms with Crippen LogP contribution in [0.4, 0.5) is 5.69 Å². The number of rotatable bonds is 8. The Morgan fingerprint density at radius 1 is 1.07 bits per heavy atom. The van der Waals surface area contributed by atoms with Crippen LogP contribution >= 0.6 is 0 Å². The largest absolute Gasteiger partial charge is 0.490 e. The Bertz CT molecular complexity index is 778. The van der Waals surface area contributed by atoms with Gasteiger partial charge in [0.2, 0.25) is 0 Å². The molecule has 0 aromatic heterocycles. The van der Waals surface area contributed by atoms with E-state index in [1.807, 2.05) is 0 Å². The second kappa shape index (κ2) is 8.75. The SMILES string of the molecule is NC1=Nc2cc(OCCCN3CCCC3)c(OCC3CCOCC3)cc2C12CCC2. The van der Waals surface area contributed by atoms with Crippen LogP contribution < -0.4 is 15.2 Å². The van der Waals surface area contributed by atoms with Gasteiger partial charge in [0, 0.05) is 25.8 Å². The summed E-state index contributed by atoms with van der Waals surface area (Å²) >= 11 is 0. The third-order valence-electron chi connectivity index (χ3n) is 7.41. The lowest BCUT2D eigenvalue weighted by atomic mass is 9.64. The molecule has 1 aliphatic carbocycles. The third kappa shape index (κ3) is 3.92. The van der Waals surface area contributed by atoms with Crippen molar-refractivity contribution < 1.29 is 14.2 Å². The van der Waals surface area contributed by atoms with E-state index in [-0.39, 0.29) is 5.41 Å². The molecule has 5 rings (SSSR count). The molecular formula is C24H35N3O3. The van der Waals surface area contributed by atoms with Gasteiger partial charge in [-0.3, -0.25) is 0 Å². The van der Waals surface area contributed by atoms with Gasteiger partial charge in [0.15, 0.2) is 11.5 Å². The summed E-state index contributed by atoms with van der Waals surface area (Å²) in [5.41, 5.74) is 8.51. The van der Waals surface area contributed by atoms with Gasteiger partial charge in [-0.05, 0) is 75.6 Å². The second-order valence-electron chi connectivity index (χ2n) is 9.37. The number of aliphatic imine (C=N–C) groups is 1. The fourth-order valence-corrected chi connectivity index (χ4v) is 5.28. The minimum absolute atomic E-state index is 0.0552. The first-order valence-corrected chi connectivity index (χ1v) is 11.8. The highest BCUT2D eigenvalue weighted by molar-refractivity contribution is 6.00. The number of hydrogen-bond acceptors (Lipinski definition) is 6. The Hall–Kier alpha value is -1.79. The molecule has 3 aliphatic heterocycles. The molecule has 0 radical (unpaired) electrons. The molecule has 3 heterocycles. The Labute approximate surface area is 179 Å². The maximum absolute atomic E-state index is 6.36. The van der Waals surface area contributed by atoms with Gasteiger partial charge in [-0.25, -0.2) is 4.99 Å². The number of hydrogen-bond donors (Lipinski definition) is 1. The summed E-state index contributed by atoms with van der Waals surface area (Å²) in [5.74, 6) is 2.99. The lowest BCUT2D eigenvalue weighted by Crippen LogP contribution is -2.44. The second-order valence-corrected chi connectivity index (χ2v) is 9.37. The van der Waals surface area contributed by atoms with Gasteiger partial charge in [0.1, 0.15) is 5.84 Å². The number of nitrogens with two attached hydrogens (primary N) is 1. The molecule has 4 aliphatic rings. The van der Waals surface area contributed by atoms with Crippen molar-refractivity contribution in [1.82, 2.24) is 4.90 Å². The fourth-order valence-electron chi connectivity index (χ4n) is 5.28. The van der Waals surface area contributed by atoms with Crippen molar-refractivity contribution in [2.24, 2.45) is 16.6 Å². The zero-order chi connectivity index (χ0) is 20.4. The van der Waals surface area contributed by atoms with Gasteiger partial charge in [-0.2, -0.15) is 0 Å². The van der Waals surface area contributed by atoms with Gasteiger partial charge in [-0.1, -0.05) is 6.42 Å². The van der Waals surface area contributed by atoms with Crippen LogP contribution in [0.5, 0.6) is 11.5 Å². The molecule has 164 valence electrons. The average Bonchev–Trinajstić information content (AvgIpc) is 3.34. The molecule has 0 bridgehead atoms. The van der Waals surface area contributed by atoms with Crippen LogP contribution in [0.2, 0.25) is 0 Å². The average molecular weight is 414 g/mol. The normalized spacial score (nSPS) is 23.3. The van der Waals surface area contributed by atoms with E-state index in [9.17, 15) is 0 Å². The number of ether oxygens (including phenoxy) is 3. The van der Waals surface area contributed by atoms with Crippen molar-refractivity contribution in [3.8, 4) is 11.5 Å². The van der Waals surface area contributed by atoms with Crippen LogP contribution in [0.15, 0.2) is 17.1 Å². The number of likely N-dealkylation sites (tertiary alicyclic amines) is 1. The monoisotopic (exact) mass is 413 g/mol. The first-order chi connectivity index (χ1) is 14.7. The van der Waals surface area contributed by atoms with Crippen LogP contribution in [0.1, 0.15) is 56.9 Å². The van der Waals surface area contributed by atoms with E-state index in [0.29, 0.717) is 12.5 Å². The summed E-state index contributed by atoms with van der Waals surface area (Å²) in [4.78, 5) is 7.23. The van der Waals surface area contributed by atoms with Crippen molar-refractivity contribution in [2.45, 2.75) is 56.8 Å². The summed E-state index contributed by atoms with van der Waals surface area (Å²) in [6.45, 7) is 6.67. The maximum atomic E-state index is 6.36. The van der Waals surface area contributed by atoms with E-state index in [2.05, 4.69) is 17.0 Å². The molecule has 1 aromatic rings. The molecule has 6 heteroatoms. The Balaban J connectivity index is 1.29. The lowest BCUT2D eigenvalue weighted by Gasteiger charge is -2.39.